The first-order valence-corrected chi connectivity index (χ1v) is 8.15. The Morgan fingerprint density at radius 1 is 1.12 bits per heavy atom. The van der Waals surface area contributed by atoms with Gasteiger partial charge in [-0.1, -0.05) is 6.07 Å². The molecule has 2 rings (SSSR count). The van der Waals surface area contributed by atoms with Gasteiger partial charge in [0.1, 0.15) is 5.75 Å². The Labute approximate surface area is 142 Å². The van der Waals surface area contributed by atoms with E-state index in [0.29, 0.717) is 0 Å². The van der Waals surface area contributed by atoms with Gasteiger partial charge in [0.05, 0.1) is 10.5 Å². The van der Waals surface area contributed by atoms with Crippen molar-refractivity contribution in [3.8, 4) is 17.2 Å². The van der Waals surface area contributed by atoms with Gasteiger partial charge in [-0.25, -0.2) is 0 Å². The molecular formula is C15H13NO8S. The molecule has 0 aliphatic rings. The fourth-order valence-electron chi connectivity index (χ4n) is 1.93. The molecule has 0 saturated carbocycles. The largest absolute Gasteiger partial charge is 0.508 e. The zero-order valence-electron chi connectivity index (χ0n) is 12.8. The average molecular weight is 367 g/mol. The van der Waals surface area contributed by atoms with Crippen LogP contribution in [0.2, 0.25) is 0 Å². The van der Waals surface area contributed by atoms with Crippen molar-refractivity contribution in [3.05, 3.63) is 42.0 Å². The summed E-state index contributed by atoms with van der Waals surface area (Å²) in [6.07, 6.45) is 0. The second-order valence-corrected chi connectivity index (χ2v) is 6.31. The number of phenols is 2. The second-order valence-electron chi connectivity index (χ2n) is 4.89. The van der Waals surface area contributed by atoms with Crippen molar-refractivity contribution in [2.24, 2.45) is 0 Å². The summed E-state index contributed by atoms with van der Waals surface area (Å²) in [5.74, 6) is -3.21. The summed E-state index contributed by atoms with van der Waals surface area (Å²) in [4.78, 5) is 22.8. The number of ether oxygens (including phenoxy) is 1. The number of nitrogens with one attached hydrogen (secondary N) is 1. The van der Waals surface area contributed by atoms with Gasteiger partial charge in [0.2, 0.25) is 0 Å². The first-order chi connectivity index (χ1) is 11.6. The van der Waals surface area contributed by atoms with Crippen LogP contribution in [-0.2, 0) is 14.9 Å². The van der Waals surface area contributed by atoms with Crippen molar-refractivity contribution in [2.75, 3.05) is 5.32 Å². The van der Waals surface area contributed by atoms with Crippen LogP contribution in [0.1, 0.15) is 17.3 Å². The summed E-state index contributed by atoms with van der Waals surface area (Å²) < 4.78 is 35.9. The molecule has 0 aliphatic carbocycles. The Balaban J connectivity index is 2.36. The van der Waals surface area contributed by atoms with E-state index in [-0.39, 0.29) is 5.69 Å². The fourth-order valence-corrected chi connectivity index (χ4v) is 2.46. The lowest BCUT2D eigenvalue weighted by Crippen LogP contribution is -2.13. The summed E-state index contributed by atoms with van der Waals surface area (Å²) >= 11 is 0. The number of benzene rings is 2. The first-order valence-electron chi connectivity index (χ1n) is 6.71. The van der Waals surface area contributed by atoms with Crippen molar-refractivity contribution >= 4 is 27.7 Å². The molecule has 0 unspecified atom stereocenters. The molecule has 0 saturated heterocycles. The van der Waals surface area contributed by atoms with E-state index in [0.717, 1.165) is 31.2 Å². The lowest BCUT2D eigenvalue weighted by atomic mass is 10.1. The number of amides is 1. The number of anilines is 1. The van der Waals surface area contributed by atoms with Crippen LogP contribution in [0.3, 0.4) is 0 Å². The molecule has 2 aromatic carbocycles. The van der Waals surface area contributed by atoms with Gasteiger partial charge in [0.15, 0.2) is 11.5 Å². The molecule has 0 heterocycles. The number of rotatable bonds is 4. The van der Waals surface area contributed by atoms with Gasteiger partial charge in [0.25, 0.3) is 16.0 Å². The number of hydrogen-bond acceptors (Lipinski definition) is 7. The van der Waals surface area contributed by atoms with E-state index in [2.05, 4.69) is 10.1 Å². The zero-order chi connectivity index (χ0) is 18.8. The predicted octanol–water partition coefficient (Wildman–Crippen LogP) is 1.52. The van der Waals surface area contributed by atoms with Crippen molar-refractivity contribution in [3.63, 3.8) is 0 Å². The molecule has 0 radical (unpaired) electrons. The van der Waals surface area contributed by atoms with Crippen molar-refractivity contribution in [1.29, 1.82) is 0 Å². The monoisotopic (exact) mass is 367 g/mol. The highest BCUT2D eigenvalue weighted by Crippen LogP contribution is 2.35. The first kappa shape index (κ1) is 18.2. The minimum atomic E-state index is -4.46. The van der Waals surface area contributed by atoms with E-state index >= 15 is 0 Å². The Hall–Kier alpha value is -3.11. The van der Waals surface area contributed by atoms with Gasteiger partial charge in [-0.15, -0.1) is 0 Å². The summed E-state index contributed by atoms with van der Waals surface area (Å²) in [6.45, 7) is 1.07. The lowest BCUT2D eigenvalue weighted by Gasteiger charge is -2.11. The number of esters is 1. The number of aromatic hydroxyl groups is 2. The molecule has 4 N–H and O–H groups in total. The van der Waals surface area contributed by atoms with E-state index in [1.165, 1.54) is 12.1 Å². The van der Waals surface area contributed by atoms with Gasteiger partial charge >= 0.3 is 5.97 Å². The van der Waals surface area contributed by atoms with E-state index in [1.807, 2.05) is 0 Å². The van der Waals surface area contributed by atoms with Crippen LogP contribution < -0.4 is 10.1 Å². The topological polar surface area (TPSA) is 150 Å². The fraction of sp³-hybridized carbons (Fsp3) is 0.0667. The maximum atomic E-state index is 12.3. The summed E-state index contributed by atoms with van der Waals surface area (Å²) in [6, 6.07) is 6.64. The van der Waals surface area contributed by atoms with E-state index < -0.39 is 49.7 Å². The zero-order valence-corrected chi connectivity index (χ0v) is 13.6. The predicted molar refractivity (Wildman–Crippen MR) is 85.3 cm³/mol. The highest BCUT2D eigenvalue weighted by atomic mass is 32.2. The molecule has 25 heavy (non-hydrogen) atoms. The molecule has 0 bridgehead atoms. The summed E-state index contributed by atoms with van der Waals surface area (Å²) in [7, 11) is -4.46. The van der Waals surface area contributed by atoms with Crippen molar-refractivity contribution in [1.82, 2.24) is 0 Å². The van der Waals surface area contributed by atoms with Crippen LogP contribution in [0, 0.1) is 0 Å². The average Bonchev–Trinajstić information content (AvgIpc) is 2.49. The minimum Gasteiger partial charge on any atom is -0.508 e. The number of carbonyl (C=O) groups is 2. The van der Waals surface area contributed by atoms with Gasteiger partial charge in [-0.05, 0) is 24.3 Å². The van der Waals surface area contributed by atoms with E-state index in [9.17, 15) is 28.2 Å². The molecule has 0 aliphatic heterocycles. The molecule has 10 heteroatoms. The second kappa shape index (κ2) is 6.79. The third-order valence-corrected chi connectivity index (χ3v) is 3.80. The number of carbonyl (C=O) groups excluding carboxylic acids is 2. The van der Waals surface area contributed by atoms with Gasteiger partial charge in [-0.2, -0.15) is 8.42 Å². The SMILES string of the molecule is CC(=O)Oc1cc(O)cc(C(=O)Nc2cccc(S(=O)(=O)O)c2)c1O. The normalized spacial score (nSPS) is 11.0. The van der Waals surface area contributed by atoms with Crippen LogP contribution in [-0.4, -0.2) is 35.1 Å². The van der Waals surface area contributed by atoms with Crippen LogP contribution in [0.25, 0.3) is 0 Å². The van der Waals surface area contributed by atoms with Crippen molar-refractivity contribution in [2.45, 2.75) is 11.8 Å². The summed E-state index contributed by atoms with van der Waals surface area (Å²) in [5.41, 5.74) is -0.398. The molecule has 0 spiro atoms. The highest BCUT2D eigenvalue weighted by Gasteiger charge is 2.19. The molecule has 0 aromatic heterocycles. The van der Waals surface area contributed by atoms with E-state index in [1.54, 1.807) is 0 Å². The minimum absolute atomic E-state index is 0.0110. The third kappa shape index (κ3) is 4.46. The Kier molecular flexibility index (Phi) is 4.95. The highest BCUT2D eigenvalue weighted by molar-refractivity contribution is 7.85. The van der Waals surface area contributed by atoms with Crippen LogP contribution in [0.15, 0.2) is 41.3 Å². The molecule has 132 valence electrons. The van der Waals surface area contributed by atoms with Crippen LogP contribution in [0.4, 0.5) is 5.69 Å². The van der Waals surface area contributed by atoms with Gasteiger partial charge < -0.3 is 20.3 Å². The Morgan fingerprint density at radius 3 is 2.40 bits per heavy atom. The maximum absolute atomic E-state index is 12.3. The molecule has 0 fully saturated rings. The molecule has 9 nitrogen and oxygen atoms in total. The number of phenolic OH excluding ortho intramolecular Hbond substituents is 2. The summed E-state index contributed by atoms with van der Waals surface area (Å²) in [5, 5.41) is 21.9. The molecule has 1 amide bonds. The Morgan fingerprint density at radius 2 is 1.80 bits per heavy atom. The molecule has 0 atom stereocenters. The molecular weight excluding hydrogens is 354 g/mol. The molecule has 2 aromatic rings. The van der Waals surface area contributed by atoms with Crippen molar-refractivity contribution < 1.29 is 37.5 Å². The van der Waals surface area contributed by atoms with E-state index in [4.69, 9.17) is 4.55 Å². The lowest BCUT2D eigenvalue weighted by molar-refractivity contribution is -0.132. The number of hydrogen-bond donors (Lipinski definition) is 4. The maximum Gasteiger partial charge on any atom is 0.308 e. The third-order valence-electron chi connectivity index (χ3n) is 2.95. The Bertz CT molecular complexity index is 952. The van der Waals surface area contributed by atoms with Gasteiger partial charge in [-0.3, -0.25) is 14.1 Å². The standard InChI is InChI=1S/C15H13NO8S/c1-8(17)24-13-7-10(18)6-12(14(13)19)15(20)16-9-3-2-4-11(5-9)25(21,22)23/h2-7,18-19H,1H3,(H,16,20)(H,21,22,23). The van der Waals surface area contributed by atoms with Crippen LogP contribution >= 0.6 is 0 Å². The van der Waals surface area contributed by atoms with Gasteiger partial charge in [0, 0.05) is 18.7 Å². The van der Waals surface area contributed by atoms with Crippen LogP contribution in [0.5, 0.6) is 17.2 Å². The smallest absolute Gasteiger partial charge is 0.308 e. The quantitative estimate of drug-likeness (QED) is 0.275.